The molecule has 0 aliphatic carbocycles. The Morgan fingerprint density at radius 3 is 2.74 bits per heavy atom. The molecule has 7 heteroatoms. The highest BCUT2D eigenvalue weighted by molar-refractivity contribution is 5.48. The molecule has 0 amide bonds. The number of imidazole rings is 1. The highest BCUT2D eigenvalue weighted by Crippen LogP contribution is 2.17. The number of rotatable bonds is 5. The molecule has 0 bridgehead atoms. The van der Waals surface area contributed by atoms with Gasteiger partial charge in [0.25, 0.3) is 0 Å². The number of hydrogen-bond acceptors (Lipinski definition) is 6. The molecule has 3 aromatic rings. The Hall–Kier alpha value is -2.96. The number of pyridine rings is 1. The first-order chi connectivity index (χ1) is 11.1. The summed E-state index contributed by atoms with van der Waals surface area (Å²) in [5, 5.41) is 3.33. The Bertz CT molecular complexity index is 794. The maximum atomic E-state index is 4.40. The lowest BCUT2D eigenvalue weighted by Crippen LogP contribution is -2.15. The molecule has 118 valence electrons. The van der Waals surface area contributed by atoms with Gasteiger partial charge in [-0.1, -0.05) is 6.07 Å². The van der Waals surface area contributed by atoms with Crippen LogP contribution in [0.25, 0.3) is 5.82 Å². The van der Waals surface area contributed by atoms with E-state index in [2.05, 4.69) is 31.3 Å². The molecule has 23 heavy (non-hydrogen) atoms. The van der Waals surface area contributed by atoms with Crippen molar-refractivity contribution in [2.45, 2.75) is 13.5 Å². The summed E-state index contributed by atoms with van der Waals surface area (Å²) in [4.78, 5) is 19.2. The topological polar surface area (TPSA) is 71.8 Å². The van der Waals surface area contributed by atoms with Crippen LogP contribution in [0.15, 0.2) is 43.1 Å². The minimum absolute atomic E-state index is 0.640. The van der Waals surface area contributed by atoms with Gasteiger partial charge in [0.1, 0.15) is 29.6 Å². The first-order valence-corrected chi connectivity index (χ1v) is 7.32. The molecule has 0 atom stereocenters. The van der Waals surface area contributed by atoms with Gasteiger partial charge < -0.3 is 10.2 Å². The van der Waals surface area contributed by atoms with Crippen LogP contribution >= 0.6 is 0 Å². The molecule has 0 aromatic carbocycles. The van der Waals surface area contributed by atoms with Crippen molar-refractivity contribution in [2.75, 3.05) is 24.3 Å². The third-order valence-electron chi connectivity index (χ3n) is 3.48. The van der Waals surface area contributed by atoms with Crippen LogP contribution in [-0.2, 0) is 6.54 Å². The van der Waals surface area contributed by atoms with Crippen LogP contribution in [0.2, 0.25) is 0 Å². The van der Waals surface area contributed by atoms with Crippen molar-refractivity contribution in [3.63, 3.8) is 0 Å². The standard InChI is InChI=1S/C16H19N7/c1-12-17-7-8-23(12)15-9-14(20-11-21-15)19-10-13-5-4-6-18-16(13)22(2)3/h4-9,11H,10H2,1-3H3,(H,19,20,21). The second kappa shape index (κ2) is 6.43. The Morgan fingerprint density at radius 2 is 2.00 bits per heavy atom. The molecular weight excluding hydrogens is 290 g/mol. The van der Waals surface area contributed by atoms with Crippen molar-refractivity contribution in [3.8, 4) is 5.82 Å². The lowest BCUT2D eigenvalue weighted by Gasteiger charge is -2.16. The van der Waals surface area contributed by atoms with E-state index in [9.17, 15) is 0 Å². The minimum atomic E-state index is 0.640. The van der Waals surface area contributed by atoms with E-state index in [0.717, 1.165) is 28.8 Å². The molecule has 0 radical (unpaired) electrons. The summed E-state index contributed by atoms with van der Waals surface area (Å²) in [5.41, 5.74) is 1.11. The molecular formula is C16H19N7. The summed E-state index contributed by atoms with van der Waals surface area (Å²) in [6, 6.07) is 5.89. The number of aryl methyl sites for hydroxylation is 1. The predicted octanol–water partition coefficient (Wildman–Crippen LogP) is 2.04. The van der Waals surface area contributed by atoms with Gasteiger partial charge in [0.15, 0.2) is 0 Å². The quantitative estimate of drug-likeness (QED) is 0.777. The number of aromatic nitrogens is 5. The van der Waals surface area contributed by atoms with E-state index in [1.807, 2.05) is 48.8 Å². The van der Waals surface area contributed by atoms with Crippen molar-refractivity contribution < 1.29 is 0 Å². The van der Waals surface area contributed by atoms with Crippen molar-refractivity contribution in [3.05, 3.63) is 54.5 Å². The van der Waals surface area contributed by atoms with E-state index in [1.165, 1.54) is 0 Å². The fourth-order valence-corrected chi connectivity index (χ4v) is 2.35. The maximum absolute atomic E-state index is 4.40. The van der Waals surface area contributed by atoms with Gasteiger partial charge in [-0.3, -0.25) is 4.57 Å². The second-order valence-corrected chi connectivity index (χ2v) is 5.34. The summed E-state index contributed by atoms with van der Waals surface area (Å²) >= 11 is 0. The van der Waals surface area contributed by atoms with Gasteiger partial charge in [0, 0.05) is 50.9 Å². The summed E-state index contributed by atoms with van der Waals surface area (Å²) < 4.78 is 1.92. The molecule has 7 nitrogen and oxygen atoms in total. The molecule has 0 fully saturated rings. The number of hydrogen-bond donors (Lipinski definition) is 1. The Kier molecular flexibility index (Phi) is 4.18. The maximum Gasteiger partial charge on any atom is 0.143 e. The van der Waals surface area contributed by atoms with Crippen LogP contribution in [0.5, 0.6) is 0 Å². The van der Waals surface area contributed by atoms with E-state index in [4.69, 9.17) is 0 Å². The lowest BCUT2D eigenvalue weighted by molar-refractivity contribution is 0.916. The zero-order chi connectivity index (χ0) is 16.2. The molecule has 0 saturated heterocycles. The molecule has 0 unspecified atom stereocenters. The molecule has 3 rings (SSSR count). The average molecular weight is 309 g/mol. The van der Waals surface area contributed by atoms with E-state index in [0.29, 0.717) is 6.54 Å². The van der Waals surface area contributed by atoms with Gasteiger partial charge in [-0.2, -0.15) is 0 Å². The van der Waals surface area contributed by atoms with E-state index >= 15 is 0 Å². The lowest BCUT2D eigenvalue weighted by atomic mass is 10.2. The van der Waals surface area contributed by atoms with Crippen molar-refractivity contribution in [2.24, 2.45) is 0 Å². The largest absolute Gasteiger partial charge is 0.366 e. The monoisotopic (exact) mass is 309 g/mol. The van der Waals surface area contributed by atoms with Gasteiger partial charge in [0.2, 0.25) is 0 Å². The fraction of sp³-hybridized carbons (Fsp3) is 0.250. The van der Waals surface area contributed by atoms with Crippen LogP contribution in [-0.4, -0.2) is 38.6 Å². The highest BCUT2D eigenvalue weighted by atomic mass is 15.2. The average Bonchev–Trinajstić information content (AvgIpc) is 2.99. The summed E-state index contributed by atoms with van der Waals surface area (Å²) in [5.74, 6) is 3.38. The number of anilines is 2. The molecule has 3 aromatic heterocycles. The highest BCUT2D eigenvalue weighted by Gasteiger charge is 2.07. The van der Waals surface area contributed by atoms with Crippen LogP contribution < -0.4 is 10.2 Å². The molecule has 3 heterocycles. The third-order valence-corrected chi connectivity index (χ3v) is 3.48. The van der Waals surface area contributed by atoms with Gasteiger partial charge >= 0.3 is 0 Å². The normalized spacial score (nSPS) is 10.6. The van der Waals surface area contributed by atoms with Crippen LogP contribution in [0.4, 0.5) is 11.6 Å². The zero-order valence-corrected chi connectivity index (χ0v) is 13.4. The molecule has 1 N–H and O–H groups in total. The Balaban J connectivity index is 1.78. The van der Waals surface area contributed by atoms with Gasteiger partial charge in [0.05, 0.1) is 0 Å². The smallest absolute Gasteiger partial charge is 0.143 e. The third kappa shape index (κ3) is 3.28. The van der Waals surface area contributed by atoms with Gasteiger partial charge in [-0.05, 0) is 13.0 Å². The summed E-state index contributed by atoms with van der Waals surface area (Å²) in [6.45, 7) is 2.58. The zero-order valence-electron chi connectivity index (χ0n) is 13.4. The van der Waals surface area contributed by atoms with Crippen molar-refractivity contribution >= 4 is 11.6 Å². The van der Waals surface area contributed by atoms with E-state index < -0.39 is 0 Å². The van der Waals surface area contributed by atoms with Crippen molar-refractivity contribution in [1.82, 2.24) is 24.5 Å². The van der Waals surface area contributed by atoms with E-state index in [-0.39, 0.29) is 0 Å². The predicted molar refractivity (Wildman–Crippen MR) is 89.8 cm³/mol. The first-order valence-electron chi connectivity index (χ1n) is 7.32. The minimum Gasteiger partial charge on any atom is -0.366 e. The molecule has 0 spiro atoms. The molecule has 0 aliphatic heterocycles. The van der Waals surface area contributed by atoms with Crippen molar-refractivity contribution in [1.29, 1.82) is 0 Å². The Morgan fingerprint density at radius 1 is 1.13 bits per heavy atom. The SMILES string of the molecule is Cc1nccn1-c1cc(NCc2cccnc2N(C)C)ncn1. The van der Waals surface area contributed by atoms with Crippen LogP contribution in [0, 0.1) is 6.92 Å². The van der Waals surface area contributed by atoms with E-state index in [1.54, 1.807) is 18.7 Å². The summed E-state index contributed by atoms with van der Waals surface area (Å²) in [6.07, 6.45) is 6.98. The summed E-state index contributed by atoms with van der Waals surface area (Å²) in [7, 11) is 3.97. The van der Waals surface area contributed by atoms with Gasteiger partial charge in [-0.15, -0.1) is 0 Å². The number of nitrogens with zero attached hydrogens (tertiary/aromatic N) is 6. The van der Waals surface area contributed by atoms with Crippen LogP contribution in [0.1, 0.15) is 11.4 Å². The number of nitrogens with one attached hydrogen (secondary N) is 1. The first kappa shape index (κ1) is 15.0. The second-order valence-electron chi connectivity index (χ2n) is 5.34. The van der Waals surface area contributed by atoms with Crippen LogP contribution in [0.3, 0.4) is 0 Å². The molecule has 0 saturated carbocycles. The fourth-order valence-electron chi connectivity index (χ4n) is 2.35. The van der Waals surface area contributed by atoms with Gasteiger partial charge in [-0.25, -0.2) is 19.9 Å². The molecule has 0 aliphatic rings. The Labute approximate surface area is 135 Å².